The van der Waals surface area contributed by atoms with Crippen LogP contribution in [0.25, 0.3) is 0 Å². The number of benzene rings is 3. The van der Waals surface area contributed by atoms with E-state index in [1.165, 1.54) is 10.5 Å². The average Bonchev–Trinajstić information content (AvgIpc) is 3.48. The Kier molecular flexibility index (Phi) is 5.73. The first-order valence-electron chi connectivity index (χ1n) is 12.1. The Morgan fingerprint density at radius 2 is 1.56 bits per heavy atom. The summed E-state index contributed by atoms with van der Waals surface area (Å²) in [6.07, 6.45) is 0. The van der Waals surface area contributed by atoms with E-state index in [2.05, 4.69) is 15.9 Å². The zero-order valence-corrected chi connectivity index (χ0v) is 20.1. The van der Waals surface area contributed by atoms with Gasteiger partial charge in [-0.2, -0.15) is 0 Å². The summed E-state index contributed by atoms with van der Waals surface area (Å²) in [6, 6.07) is 19.1. The number of imide groups is 1. The van der Waals surface area contributed by atoms with Crippen LogP contribution in [0, 0.1) is 0 Å². The van der Waals surface area contributed by atoms with Crippen LogP contribution in [0.15, 0.2) is 60.7 Å². The number of hydrogen-bond acceptors (Lipinski definition) is 7. The highest BCUT2D eigenvalue weighted by molar-refractivity contribution is 6.23. The lowest BCUT2D eigenvalue weighted by Crippen LogP contribution is -2.46. The second-order valence-electron chi connectivity index (χ2n) is 9.20. The Morgan fingerprint density at radius 1 is 0.806 bits per heavy atom. The number of carbonyl (C=O) groups excluding carboxylic acids is 2. The van der Waals surface area contributed by atoms with E-state index < -0.39 is 0 Å². The summed E-state index contributed by atoms with van der Waals surface area (Å²) < 4.78 is 16.1. The Hall–Kier alpha value is -4.04. The van der Waals surface area contributed by atoms with Crippen LogP contribution in [-0.2, 0) is 13.1 Å². The number of hydrogen-bond donors (Lipinski definition) is 0. The third-order valence-corrected chi connectivity index (χ3v) is 7.03. The molecule has 0 radical (unpaired) electrons. The summed E-state index contributed by atoms with van der Waals surface area (Å²) >= 11 is 0. The van der Waals surface area contributed by atoms with E-state index in [0.29, 0.717) is 11.1 Å². The maximum Gasteiger partial charge on any atom is 0.263 e. The van der Waals surface area contributed by atoms with Crippen molar-refractivity contribution >= 4 is 17.5 Å². The van der Waals surface area contributed by atoms with Crippen molar-refractivity contribution in [3.05, 3.63) is 82.9 Å². The van der Waals surface area contributed by atoms with E-state index in [1.807, 2.05) is 48.5 Å². The number of methoxy groups -OCH3 is 1. The van der Waals surface area contributed by atoms with Gasteiger partial charge in [0.1, 0.15) is 5.75 Å². The van der Waals surface area contributed by atoms with Crippen LogP contribution in [0.3, 0.4) is 0 Å². The number of fused-ring (bicyclic) bond motifs is 2. The van der Waals surface area contributed by atoms with Crippen molar-refractivity contribution in [2.75, 3.05) is 45.0 Å². The van der Waals surface area contributed by atoms with Gasteiger partial charge in [-0.25, -0.2) is 0 Å². The zero-order valence-electron chi connectivity index (χ0n) is 20.1. The molecule has 0 aromatic heterocycles. The maximum absolute atomic E-state index is 13.4. The number of carbonyl (C=O) groups is 2. The van der Waals surface area contributed by atoms with Gasteiger partial charge in [-0.3, -0.25) is 19.4 Å². The zero-order chi connectivity index (χ0) is 24.6. The quantitative estimate of drug-likeness (QED) is 0.495. The van der Waals surface area contributed by atoms with Gasteiger partial charge in [0.25, 0.3) is 11.8 Å². The monoisotopic (exact) mass is 485 g/mol. The van der Waals surface area contributed by atoms with Gasteiger partial charge in [0.2, 0.25) is 6.79 Å². The van der Waals surface area contributed by atoms with Gasteiger partial charge in [0, 0.05) is 32.7 Å². The van der Waals surface area contributed by atoms with Crippen molar-refractivity contribution < 1.29 is 23.8 Å². The topological polar surface area (TPSA) is 71.6 Å². The van der Waals surface area contributed by atoms with Crippen molar-refractivity contribution in [3.8, 4) is 17.2 Å². The Bertz CT molecular complexity index is 1320. The second-order valence-corrected chi connectivity index (χ2v) is 9.20. The molecule has 0 unspecified atom stereocenters. The largest absolute Gasteiger partial charge is 0.497 e. The van der Waals surface area contributed by atoms with Crippen LogP contribution in [0.1, 0.15) is 31.8 Å². The summed E-state index contributed by atoms with van der Waals surface area (Å²) in [5.74, 6) is 1.86. The fourth-order valence-electron chi connectivity index (χ4n) is 5.08. The van der Waals surface area contributed by atoms with Crippen molar-refractivity contribution in [1.82, 2.24) is 9.80 Å². The molecule has 0 aliphatic carbocycles. The van der Waals surface area contributed by atoms with Gasteiger partial charge < -0.3 is 19.1 Å². The number of nitrogens with zero attached hydrogens (tertiary/aromatic N) is 3. The molecule has 0 N–H and O–H groups in total. The third kappa shape index (κ3) is 4.03. The number of anilines is 1. The van der Waals surface area contributed by atoms with Crippen molar-refractivity contribution in [2.24, 2.45) is 0 Å². The lowest BCUT2D eigenvalue weighted by molar-refractivity contribution is 0.0642. The molecule has 0 bridgehead atoms. The molecule has 3 aromatic carbocycles. The molecule has 1 fully saturated rings. The van der Waals surface area contributed by atoms with Gasteiger partial charge >= 0.3 is 0 Å². The van der Waals surface area contributed by atoms with Crippen LogP contribution < -0.4 is 19.1 Å². The number of ether oxygens (including phenoxy) is 3. The number of piperazine rings is 1. The second kappa shape index (κ2) is 9.20. The maximum atomic E-state index is 13.4. The van der Waals surface area contributed by atoms with E-state index in [4.69, 9.17) is 14.2 Å². The minimum atomic E-state index is -0.242. The molecular weight excluding hydrogens is 458 g/mol. The van der Waals surface area contributed by atoms with Crippen LogP contribution in [0.2, 0.25) is 0 Å². The summed E-state index contributed by atoms with van der Waals surface area (Å²) in [5, 5.41) is 0. The number of rotatable bonds is 6. The molecule has 8 heteroatoms. The molecule has 6 rings (SSSR count). The molecule has 3 heterocycles. The van der Waals surface area contributed by atoms with Gasteiger partial charge in [-0.05, 0) is 47.5 Å². The summed E-state index contributed by atoms with van der Waals surface area (Å²) in [7, 11) is 1.61. The summed E-state index contributed by atoms with van der Waals surface area (Å²) in [6.45, 7) is 4.61. The Morgan fingerprint density at radius 3 is 2.33 bits per heavy atom. The standard InChI is InChI=1S/C28H27N3O5/c1-34-21-8-5-19(6-9-21)17-31-27(32)22-3-2-4-23(26(22)28(31)33)30-13-11-29(12-14-30)16-20-7-10-24-25(15-20)36-18-35-24/h2-10,15H,11-14,16-18H2,1H3. The highest BCUT2D eigenvalue weighted by Gasteiger charge is 2.38. The molecule has 184 valence electrons. The first-order valence-corrected chi connectivity index (χ1v) is 12.1. The summed E-state index contributed by atoms with van der Waals surface area (Å²) in [4.78, 5) is 32.5. The van der Waals surface area contributed by atoms with E-state index in [-0.39, 0.29) is 25.2 Å². The molecule has 0 spiro atoms. The van der Waals surface area contributed by atoms with Crippen molar-refractivity contribution in [1.29, 1.82) is 0 Å². The van der Waals surface area contributed by atoms with E-state index in [9.17, 15) is 9.59 Å². The van der Waals surface area contributed by atoms with Gasteiger partial charge in [0.15, 0.2) is 11.5 Å². The molecule has 0 saturated carbocycles. The minimum Gasteiger partial charge on any atom is -0.497 e. The van der Waals surface area contributed by atoms with E-state index in [0.717, 1.165) is 61.2 Å². The molecular formula is C28H27N3O5. The lowest BCUT2D eigenvalue weighted by Gasteiger charge is -2.36. The normalized spacial score (nSPS) is 17.0. The predicted molar refractivity (Wildman–Crippen MR) is 134 cm³/mol. The van der Waals surface area contributed by atoms with E-state index in [1.54, 1.807) is 13.2 Å². The molecule has 3 aliphatic rings. The van der Waals surface area contributed by atoms with Crippen molar-refractivity contribution in [2.45, 2.75) is 13.1 Å². The molecule has 1 saturated heterocycles. The fraction of sp³-hybridized carbons (Fsp3) is 0.286. The number of amides is 2. The smallest absolute Gasteiger partial charge is 0.263 e. The molecule has 3 aromatic rings. The highest BCUT2D eigenvalue weighted by Crippen LogP contribution is 2.35. The fourth-order valence-corrected chi connectivity index (χ4v) is 5.08. The highest BCUT2D eigenvalue weighted by atomic mass is 16.7. The van der Waals surface area contributed by atoms with Gasteiger partial charge in [-0.1, -0.05) is 24.3 Å². The van der Waals surface area contributed by atoms with Crippen LogP contribution in [0.4, 0.5) is 5.69 Å². The van der Waals surface area contributed by atoms with Crippen LogP contribution in [-0.4, -0.2) is 61.7 Å². The van der Waals surface area contributed by atoms with Gasteiger partial charge in [-0.15, -0.1) is 0 Å². The lowest BCUT2D eigenvalue weighted by atomic mass is 10.1. The van der Waals surface area contributed by atoms with Crippen LogP contribution in [0.5, 0.6) is 17.2 Å². The molecule has 3 aliphatic heterocycles. The first kappa shape index (κ1) is 22.4. The molecule has 36 heavy (non-hydrogen) atoms. The molecule has 2 amide bonds. The van der Waals surface area contributed by atoms with Crippen molar-refractivity contribution in [3.63, 3.8) is 0 Å². The Balaban J connectivity index is 1.14. The summed E-state index contributed by atoms with van der Waals surface area (Å²) in [5.41, 5.74) is 3.90. The predicted octanol–water partition coefficient (Wildman–Crippen LogP) is 3.54. The Labute approximate surface area is 209 Å². The van der Waals surface area contributed by atoms with E-state index >= 15 is 0 Å². The third-order valence-electron chi connectivity index (χ3n) is 7.03. The van der Waals surface area contributed by atoms with Gasteiger partial charge in [0.05, 0.1) is 30.5 Å². The SMILES string of the molecule is COc1ccc(CN2C(=O)c3cccc(N4CCN(Cc5ccc6c(c5)OCO6)CC4)c3C2=O)cc1. The average molecular weight is 486 g/mol. The minimum absolute atomic E-state index is 0.232. The first-order chi connectivity index (χ1) is 17.6. The van der Waals surface area contributed by atoms with Crippen LogP contribution >= 0.6 is 0 Å². The molecule has 8 nitrogen and oxygen atoms in total. The molecule has 0 atom stereocenters.